The number of carbonyl (C=O) groups excluding carboxylic acids is 2. The summed E-state index contributed by atoms with van der Waals surface area (Å²) in [6, 6.07) is 11.1. The van der Waals surface area contributed by atoms with E-state index in [2.05, 4.69) is 4.90 Å². The predicted molar refractivity (Wildman–Crippen MR) is 115 cm³/mol. The summed E-state index contributed by atoms with van der Waals surface area (Å²) < 4.78 is 16.8. The number of carbonyl (C=O) groups is 2. The fourth-order valence-corrected chi connectivity index (χ4v) is 4.64. The summed E-state index contributed by atoms with van der Waals surface area (Å²) in [7, 11) is 1.35. The number of rotatable bonds is 3. The van der Waals surface area contributed by atoms with E-state index in [0.29, 0.717) is 29.6 Å². The van der Waals surface area contributed by atoms with Crippen molar-refractivity contribution in [2.45, 2.75) is 44.7 Å². The van der Waals surface area contributed by atoms with Gasteiger partial charge in [-0.05, 0) is 48.7 Å². The zero-order valence-electron chi connectivity index (χ0n) is 17.6. The molecule has 0 atom stereocenters. The Hall–Kier alpha value is -3.12. The number of ether oxygens (including phenoxy) is 3. The first-order valence-electron chi connectivity index (χ1n) is 10.8. The smallest absolute Gasteiger partial charge is 0.337 e. The largest absolute Gasteiger partial charge is 0.478 e. The van der Waals surface area contributed by atoms with Crippen LogP contribution in [0.3, 0.4) is 0 Å². The third-order valence-electron chi connectivity index (χ3n) is 6.37. The zero-order chi connectivity index (χ0) is 21.4. The van der Waals surface area contributed by atoms with E-state index in [-0.39, 0.29) is 11.5 Å². The lowest BCUT2D eigenvalue weighted by Crippen LogP contribution is -2.41. The van der Waals surface area contributed by atoms with Crippen molar-refractivity contribution in [3.63, 3.8) is 0 Å². The van der Waals surface area contributed by atoms with Crippen LogP contribution in [0.25, 0.3) is 6.08 Å². The number of allylic oxidation sites excluding steroid dienone is 1. The average Bonchev–Trinajstić information content (AvgIpc) is 3.15. The molecular weight excluding hydrogens is 394 g/mol. The molecule has 0 amide bonds. The van der Waals surface area contributed by atoms with Crippen LogP contribution in [-0.4, -0.2) is 36.5 Å². The van der Waals surface area contributed by atoms with E-state index < -0.39 is 5.97 Å². The third kappa shape index (κ3) is 3.72. The number of nitrogens with zero attached hydrogens (tertiary/aromatic N) is 1. The van der Waals surface area contributed by atoms with Crippen LogP contribution >= 0.6 is 0 Å². The molecule has 0 aromatic heterocycles. The Labute approximate surface area is 181 Å². The first-order chi connectivity index (χ1) is 15.1. The van der Waals surface area contributed by atoms with Crippen LogP contribution in [0.2, 0.25) is 0 Å². The topological polar surface area (TPSA) is 65.1 Å². The summed E-state index contributed by atoms with van der Waals surface area (Å²) in [5.74, 6) is 1.16. The second-order valence-corrected chi connectivity index (χ2v) is 8.28. The molecule has 2 aromatic carbocycles. The standard InChI is InChI=1S/C25H25NO5/c1-29-25(28)17-9-7-16(8-10-17)13-22-23(27)19-11-12-21-20(24(19)31-22)14-26(15-30-21)18-5-3-2-4-6-18/h7-13,18H,2-6,14-15H2,1H3/b22-13+. The SMILES string of the molecule is COC(=O)c1ccc(/C=C2/Oc3c(ccc4c3CN(C3CCCCC3)CO4)C2=O)cc1. The molecule has 2 heterocycles. The maximum atomic E-state index is 13.0. The monoisotopic (exact) mass is 419 g/mol. The van der Waals surface area contributed by atoms with Gasteiger partial charge in [0.25, 0.3) is 0 Å². The van der Waals surface area contributed by atoms with Gasteiger partial charge in [-0.25, -0.2) is 4.79 Å². The normalized spacial score (nSPS) is 20.0. The highest BCUT2D eigenvalue weighted by Gasteiger charge is 2.35. The molecule has 0 saturated heterocycles. The number of esters is 1. The van der Waals surface area contributed by atoms with Crippen LogP contribution in [0.1, 0.15) is 63.9 Å². The molecular formula is C25H25NO5. The summed E-state index contributed by atoms with van der Waals surface area (Å²) in [6.45, 7) is 1.32. The molecule has 1 saturated carbocycles. The molecule has 6 nitrogen and oxygen atoms in total. The lowest BCUT2D eigenvalue weighted by atomic mass is 9.93. The van der Waals surface area contributed by atoms with E-state index in [4.69, 9.17) is 14.2 Å². The van der Waals surface area contributed by atoms with Crippen molar-refractivity contribution in [3.05, 3.63) is 64.4 Å². The van der Waals surface area contributed by atoms with Gasteiger partial charge in [0.05, 0.1) is 23.8 Å². The van der Waals surface area contributed by atoms with Crippen molar-refractivity contribution in [1.82, 2.24) is 4.90 Å². The van der Waals surface area contributed by atoms with Crippen LogP contribution in [-0.2, 0) is 11.3 Å². The summed E-state index contributed by atoms with van der Waals surface area (Å²) in [6.07, 6.45) is 7.93. The van der Waals surface area contributed by atoms with Crippen LogP contribution < -0.4 is 9.47 Å². The van der Waals surface area contributed by atoms with Crippen LogP contribution in [0.15, 0.2) is 42.2 Å². The van der Waals surface area contributed by atoms with Crippen molar-refractivity contribution in [3.8, 4) is 11.5 Å². The Morgan fingerprint density at radius 1 is 1.10 bits per heavy atom. The van der Waals surface area contributed by atoms with Crippen molar-refractivity contribution in [2.24, 2.45) is 0 Å². The molecule has 0 N–H and O–H groups in total. The first kappa shape index (κ1) is 19.8. The Kier molecular flexibility index (Phi) is 5.24. The van der Waals surface area contributed by atoms with Crippen LogP contribution in [0.4, 0.5) is 0 Å². The van der Waals surface area contributed by atoms with Gasteiger partial charge >= 0.3 is 5.97 Å². The molecule has 5 rings (SSSR count). The van der Waals surface area contributed by atoms with Crippen molar-refractivity contribution < 1.29 is 23.8 Å². The average molecular weight is 419 g/mol. The van der Waals surface area contributed by atoms with Crippen molar-refractivity contribution >= 4 is 17.8 Å². The van der Waals surface area contributed by atoms with Crippen molar-refractivity contribution in [2.75, 3.05) is 13.8 Å². The van der Waals surface area contributed by atoms with Crippen LogP contribution in [0, 0.1) is 0 Å². The number of hydrogen-bond acceptors (Lipinski definition) is 6. The summed E-state index contributed by atoms with van der Waals surface area (Å²) in [4.78, 5) is 26.9. The molecule has 0 spiro atoms. The Bertz CT molecular complexity index is 1050. The minimum Gasteiger partial charge on any atom is -0.478 e. The van der Waals surface area contributed by atoms with E-state index in [1.807, 2.05) is 6.07 Å². The van der Waals surface area contributed by atoms with Gasteiger partial charge in [-0.2, -0.15) is 0 Å². The van der Waals surface area contributed by atoms with E-state index in [1.54, 1.807) is 36.4 Å². The van der Waals surface area contributed by atoms with Gasteiger partial charge in [0.2, 0.25) is 5.78 Å². The summed E-state index contributed by atoms with van der Waals surface area (Å²) in [5, 5.41) is 0. The molecule has 1 fully saturated rings. The van der Waals surface area contributed by atoms with Gasteiger partial charge in [0, 0.05) is 12.6 Å². The minimum atomic E-state index is -0.394. The van der Waals surface area contributed by atoms with Gasteiger partial charge in [0.15, 0.2) is 5.76 Å². The summed E-state index contributed by atoms with van der Waals surface area (Å²) in [5.41, 5.74) is 2.76. The molecule has 0 bridgehead atoms. The maximum Gasteiger partial charge on any atom is 0.337 e. The summed E-state index contributed by atoms with van der Waals surface area (Å²) >= 11 is 0. The fourth-order valence-electron chi connectivity index (χ4n) is 4.64. The fraction of sp³-hybridized carbons (Fsp3) is 0.360. The quantitative estimate of drug-likeness (QED) is 0.536. The number of Topliss-reactive ketones (excluding diaryl/α,β-unsaturated/α-hetero) is 1. The molecule has 1 aliphatic carbocycles. The number of ketones is 1. The van der Waals surface area contributed by atoms with E-state index in [0.717, 1.165) is 23.4 Å². The molecule has 2 aliphatic heterocycles. The number of benzene rings is 2. The minimum absolute atomic E-state index is 0.135. The first-order valence-corrected chi connectivity index (χ1v) is 10.8. The van der Waals surface area contributed by atoms with E-state index >= 15 is 0 Å². The highest BCUT2D eigenvalue weighted by Crippen LogP contribution is 2.43. The van der Waals surface area contributed by atoms with Gasteiger partial charge in [-0.15, -0.1) is 0 Å². The molecule has 160 valence electrons. The maximum absolute atomic E-state index is 13.0. The predicted octanol–water partition coefficient (Wildman–Crippen LogP) is 4.57. The number of methoxy groups -OCH3 is 1. The Balaban J connectivity index is 1.40. The lowest BCUT2D eigenvalue weighted by Gasteiger charge is -2.37. The van der Waals surface area contributed by atoms with Gasteiger partial charge in [0.1, 0.15) is 18.2 Å². The molecule has 6 heteroatoms. The van der Waals surface area contributed by atoms with E-state index in [9.17, 15) is 9.59 Å². The van der Waals surface area contributed by atoms with Gasteiger partial charge in [-0.3, -0.25) is 9.69 Å². The second-order valence-electron chi connectivity index (χ2n) is 8.28. The third-order valence-corrected chi connectivity index (χ3v) is 6.37. The Morgan fingerprint density at radius 3 is 2.61 bits per heavy atom. The highest BCUT2D eigenvalue weighted by atomic mass is 16.5. The molecule has 0 unspecified atom stereocenters. The highest BCUT2D eigenvalue weighted by molar-refractivity contribution is 6.15. The number of fused-ring (bicyclic) bond motifs is 3. The molecule has 0 radical (unpaired) electrons. The molecule has 3 aliphatic rings. The molecule has 31 heavy (non-hydrogen) atoms. The zero-order valence-corrected chi connectivity index (χ0v) is 17.6. The molecule has 2 aromatic rings. The number of hydrogen-bond donors (Lipinski definition) is 0. The van der Waals surface area contributed by atoms with Gasteiger partial charge < -0.3 is 14.2 Å². The van der Waals surface area contributed by atoms with Gasteiger partial charge in [-0.1, -0.05) is 31.4 Å². The van der Waals surface area contributed by atoms with Crippen molar-refractivity contribution in [1.29, 1.82) is 0 Å². The second kappa shape index (κ2) is 8.19. The van der Waals surface area contributed by atoms with Crippen LogP contribution in [0.5, 0.6) is 11.5 Å². The lowest BCUT2D eigenvalue weighted by molar-refractivity contribution is 0.0394. The Morgan fingerprint density at radius 2 is 1.87 bits per heavy atom. The van der Waals surface area contributed by atoms with E-state index in [1.165, 1.54) is 39.2 Å².